The number of aryl methyl sites for hydroxylation is 2. The number of hydrogen-bond donors (Lipinski definition) is 1. The Balaban J connectivity index is 1.54. The van der Waals surface area contributed by atoms with E-state index in [-0.39, 0.29) is 29.3 Å². The van der Waals surface area contributed by atoms with Gasteiger partial charge in [0, 0.05) is 41.3 Å². The van der Waals surface area contributed by atoms with Crippen molar-refractivity contribution >= 4 is 22.6 Å². The van der Waals surface area contributed by atoms with Gasteiger partial charge in [0.15, 0.2) is 0 Å². The number of rotatable bonds is 7. The molecule has 1 amide bonds. The van der Waals surface area contributed by atoms with Gasteiger partial charge in [-0.2, -0.15) is 4.98 Å². The summed E-state index contributed by atoms with van der Waals surface area (Å²) < 4.78 is 17.7. The number of benzene rings is 2. The van der Waals surface area contributed by atoms with Gasteiger partial charge >= 0.3 is 0 Å². The number of hydrogen-bond acceptors (Lipinski definition) is 8. The Kier molecular flexibility index (Phi) is 6.61. The Hall–Kier alpha value is -4.99. The third kappa shape index (κ3) is 4.83. The Bertz CT molecular complexity index is 1700. The highest BCUT2D eigenvalue weighted by molar-refractivity contribution is 5.92. The fourth-order valence-corrected chi connectivity index (χ4v) is 4.13. The number of amides is 1. The van der Waals surface area contributed by atoms with E-state index in [2.05, 4.69) is 20.4 Å². The summed E-state index contributed by atoms with van der Waals surface area (Å²) in [6.45, 7) is 3.63. The van der Waals surface area contributed by atoms with Crippen molar-refractivity contribution in [1.29, 1.82) is 0 Å². The van der Waals surface area contributed by atoms with Crippen LogP contribution in [-0.4, -0.2) is 39.8 Å². The molecule has 0 radical (unpaired) electrons. The van der Waals surface area contributed by atoms with Gasteiger partial charge in [-0.25, -0.2) is 4.98 Å². The summed E-state index contributed by atoms with van der Waals surface area (Å²) in [5.41, 5.74) is 3.20. The maximum Gasteiger partial charge on any atom is 0.263 e. The molecule has 10 nitrogen and oxygen atoms in total. The van der Waals surface area contributed by atoms with E-state index in [1.54, 1.807) is 34.9 Å². The van der Waals surface area contributed by atoms with Gasteiger partial charge < -0.3 is 23.9 Å². The van der Waals surface area contributed by atoms with E-state index in [1.165, 1.54) is 20.4 Å². The smallest absolute Gasteiger partial charge is 0.263 e. The van der Waals surface area contributed by atoms with Crippen molar-refractivity contribution in [3.63, 3.8) is 0 Å². The lowest BCUT2D eigenvalue weighted by Gasteiger charge is -2.13. The molecule has 0 aliphatic rings. The number of pyridine rings is 2. The van der Waals surface area contributed by atoms with Gasteiger partial charge in [0.1, 0.15) is 29.3 Å². The lowest BCUT2D eigenvalue weighted by Crippen LogP contribution is -2.22. The first-order valence-electron chi connectivity index (χ1n) is 11.8. The number of nitrogens with zero attached hydrogens (tertiary/aromatic N) is 4. The zero-order valence-electron chi connectivity index (χ0n) is 21.3. The standard InChI is InChI=1S/C28H25N5O5/c1-16-7-5-6-8-21(16)26-31-28(38-32-26)23-14-33(27-22(25(23)35)10-9-17(2)29-27)15-24(34)30-18-11-19(36-3)13-20(12-18)37-4/h5-14H,15H2,1-4H3,(H,30,34). The second-order valence-electron chi connectivity index (χ2n) is 8.71. The molecule has 0 unspecified atom stereocenters. The van der Waals surface area contributed by atoms with E-state index >= 15 is 0 Å². The molecule has 0 atom stereocenters. The highest BCUT2D eigenvalue weighted by Crippen LogP contribution is 2.27. The topological polar surface area (TPSA) is 121 Å². The van der Waals surface area contributed by atoms with Gasteiger partial charge in [0.25, 0.3) is 5.89 Å². The van der Waals surface area contributed by atoms with Crippen LogP contribution in [0.5, 0.6) is 11.5 Å². The van der Waals surface area contributed by atoms with Crippen LogP contribution in [0.2, 0.25) is 0 Å². The van der Waals surface area contributed by atoms with Crippen LogP contribution in [0.25, 0.3) is 33.9 Å². The van der Waals surface area contributed by atoms with E-state index in [9.17, 15) is 9.59 Å². The van der Waals surface area contributed by atoms with Crippen molar-refractivity contribution in [3.05, 3.63) is 82.3 Å². The highest BCUT2D eigenvalue weighted by atomic mass is 16.5. The van der Waals surface area contributed by atoms with Gasteiger partial charge in [-0.1, -0.05) is 29.4 Å². The number of anilines is 1. The van der Waals surface area contributed by atoms with E-state index in [1.807, 2.05) is 38.1 Å². The minimum Gasteiger partial charge on any atom is -0.497 e. The van der Waals surface area contributed by atoms with Gasteiger partial charge in [-0.3, -0.25) is 9.59 Å². The molecule has 192 valence electrons. The summed E-state index contributed by atoms with van der Waals surface area (Å²) in [5.74, 6) is 1.16. The number of ether oxygens (including phenoxy) is 2. The van der Waals surface area contributed by atoms with Gasteiger partial charge in [0.2, 0.25) is 17.2 Å². The monoisotopic (exact) mass is 511 g/mol. The summed E-state index contributed by atoms with van der Waals surface area (Å²) in [6, 6.07) is 16.1. The number of fused-ring (bicyclic) bond motifs is 1. The van der Waals surface area contributed by atoms with Crippen LogP contribution < -0.4 is 20.2 Å². The van der Waals surface area contributed by atoms with Crippen molar-refractivity contribution in [2.45, 2.75) is 20.4 Å². The summed E-state index contributed by atoms with van der Waals surface area (Å²) in [5, 5.41) is 7.27. The molecule has 0 spiro atoms. The predicted octanol–water partition coefficient (Wildman–Crippen LogP) is 4.39. The zero-order valence-corrected chi connectivity index (χ0v) is 21.3. The molecule has 0 saturated carbocycles. The van der Waals surface area contributed by atoms with Crippen molar-refractivity contribution in [1.82, 2.24) is 19.7 Å². The molecule has 5 rings (SSSR count). The molecule has 3 heterocycles. The molecule has 0 aliphatic carbocycles. The first-order valence-corrected chi connectivity index (χ1v) is 11.8. The second-order valence-corrected chi connectivity index (χ2v) is 8.71. The van der Waals surface area contributed by atoms with Crippen LogP contribution in [0.1, 0.15) is 11.3 Å². The Morgan fingerprint density at radius 2 is 1.71 bits per heavy atom. The molecule has 5 aromatic rings. The number of methoxy groups -OCH3 is 2. The first-order chi connectivity index (χ1) is 18.4. The lowest BCUT2D eigenvalue weighted by molar-refractivity contribution is -0.116. The Morgan fingerprint density at radius 1 is 0.974 bits per heavy atom. The summed E-state index contributed by atoms with van der Waals surface area (Å²) in [7, 11) is 3.06. The molecular formula is C28H25N5O5. The van der Waals surface area contributed by atoms with E-state index in [0.29, 0.717) is 39.7 Å². The SMILES string of the molecule is COc1cc(NC(=O)Cn2cc(-c3nc(-c4ccccc4C)no3)c(=O)c3ccc(C)nc32)cc(OC)c1. The molecule has 0 aliphatic heterocycles. The molecule has 0 bridgehead atoms. The molecular weight excluding hydrogens is 486 g/mol. The molecule has 1 N–H and O–H groups in total. The van der Waals surface area contributed by atoms with Crippen LogP contribution >= 0.6 is 0 Å². The average molecular weight is 512 g/mol. The van der Waals surface area contributed by atoms with E-state index < -0.39 is 0 Å². The predicted molar refractivity (Wildman–Crippen MR) is 142 cm³/mol. The number of nitrogens with one attached hydrogen (secondary N) is 1. The molecule has 3 aromatic heterocycles. The number of aromatic nitrogens is 4. The van der Waals surface area contributed by atoms with Crippen LogP contribution in [0.3, 0.4) is 0 Å². The quantitative estimate of drug-likeness (QED) is 0.342. The Morgan fingerprint density at radius 3 is 2.42 bits per heavy atom. The second kappa shape index (κ2) is 10.2. The molecule has 38 heavy (non-hydrogen) atoms. The van der Waals surface area contributed by atoms with Crippen LogP contribution in [-0.2, 0) is 11.3 Å². The van der Waals surface area contributed by atoms with Crippen molar-refractivity contribution in [2.24, 2.45) is 0 Å². The van der Waals surface area contributed by atoms with Crippen LogP contribution in [0.4, 0.5) is 5.69 Å². The fourth-order valence-electron chi connectivity index (χ4n) is 4.13. The maximum atomic E-state index is 13.4. The molecule has 2 aromatic carbocycles. The van der Waals surface area contributed by atoms with Crippen molar-refractivity contribution in [2.75, 3.05) is 19.5 Å². The average Bonchev–Trinajstić information content (AvgIpc) is 3.40. The normalized spacial score (nSPS) is 10.9. The van der Waals surface area contributed by atoms with Crippen LogP contribution in [0, 0.1) is 13.8 Å². The lowest BCUT2D eigenvalue weighted by atomic mass is 10.1. The van der Waals surface area contributed by atoms with Gasteiger partial charge in [0.05, 0.1) is 19.6 Å². The third-order valence-electron chi connectivity index (χ3n) is 6.05. The van der Waals surface area contributed by atoms with E-state index in [0.717, 1.165) is 11.1 Å². The number of carbonyl (C=O) groups excluding carboxylic acids is 1. The largest absolute Gasteiger partial charge is 0.497 e. The minimum absolute atomic E-state index is 0.0578. The van der Waals surface area contributed by atoms with Gasteiger partial charge in [-0.15, -0.1) is 0 Å². The Labute approximate surface area is 217 Å². The van der Waals surface area contributed by atoms with Gasteiger partial charge in [-0.05, 0) is 31.5 Å². The summed E-state index contributed by atoms with van der Waals surface area (Å²) >= 11 is 0. The maximum absolute atomic E-state index is 13.4. The summed E-state index contributed by atoms with van der Waals surface area (Å²) in [6.07, 6.45) is 1.53. The fraction of sp³-hybridized carbons (Fsp3) is 0.179. The minimum atomic E-state index is -0.342. The molecule has 0 saturated heterocycles. The number of carbonyl (C=O) groups is 1. The van der Waals surface area contributed by atoms with E-state index in [4.69, 9.17) is 14.0 Å². The van der Waals surface area contributed by atoms with Crippen molar-refractivity contribution in [3.8, 4) is 34.3 Å². The first kappa shape index (κ1) is 24.7. The third-order valence-corrected chi connectivity index (χ3v) is 6.05. The van der Waals surface area contributed by atoms with Crippen molar-refractivity contribution < 1.29 is 18.8 Å². The molecule has 0 fully saturated rings. The van der Waals surface area contributed by atoms with Crippen LogP contribution in [0.15, 0.2) is 70.1 Å². The highest BCUT2D eigenvalue weighted by Gasteiger charge is 2.20. The summed E-state index contributed by atoms with van der Waals surface area (Å²) in [4.78, 5) is 35.5. The zero-order chi connectivity index (χ0) is 26.8. The molecule has 10 heteroatoms.